The van der Waals surface area contributed by atoms with Crippen molar-refractivity contribution >= 4 is 11.6 Å². The van der Waals surface area contributed by atoms with E-state index in [0.717, 1.165) is 44.6 Å². The number of amides is 1. The van der Waals surface area contributed by atoms with E-state index < -0.39 is 0 Å². The summed E-state index contributed by atoms with van der Waals surface area (Å²) in [7, 11) is 0. The number of nitrogens with zero attached hydrogens (tertiary/aromatic N) is 2. The van der Waals surface area contributed by atoms with E-state index in [0.29, 0.717) is 11.4 Å². The molecule has 6 heteroatoms. The number of nitrogens with two attached hydrogens (primary N) is 1. The molecule has 0 unspecified atom stereocenters. The van der Waals surface area contributed by atoms with Gasteiger partial charge in [-0.05, 0) is 32.2 Å². The number of rotatable bonds is 5. The lowest BCUT2D eigenvalue weighted by Gasteiger charge is -2.31. The fourth-order valence-electron chi connectivity index (χ4n) is 2.70. The molecule has 1 fully saturated rings. The van der Waals surface area contributed by atoms with Gasteiger partial charge in [0.2, 0.25) is 0 Å². The number of aromatic amines is 1. The first-order valence-corrected chi connectivity index (χ1v) is 7.51. The van der Waals surface area contributed by atoms with E-state index in [2.05, 4.69) is 27.3 Å². The highest BCUT2D eigenvalue weighted by atomic mass is 16.2. The molecular formula is C14H25N5O. The largest absolute Gasteiger partial charge is 0.395 e. The number of likely N-dealkylation sites (tertiary alicyclic amines) is 1. The molecule has 1 aromatic rings. The Labute approximate surface area is 120 Å². The number of hydrogen-bond donors (Lipinski definition) is 3. The van der Waals surface area contributed by atoms with E-state index in [9.17, 15) is 4.79 Å². The number of nitrogen functional groups attached to an aromatic ring is 1. The van der Waals surface area contributed by atoms with E-state index in [1.54, 1.807) is 0 Å². The lowest BCUT2D eigenvalue weighted by atomic mass is 10.0. The maximum atomic E-state index is 12.2. The SMILES string of the molecule is CCCN1CCC(NC(=O)c2n[nH]c(CC)c2N)CC1. The fraction of sp³-hybridized carbons (Fsp3) is 0.714. The summed E-state index contributed by atoms with van der Waals surface area (Å²) in [6.07, 6.45) is 3.93. The monoisotopic (exact) mass is 279 g/mol. The molecule has 0 aromatic carbocycles. The third kappa shape index (κ3) is 3.30. The molecule has 2 heterocycles. The van der Waals surface area contributed by atoms with Crippen molar-refractivity contribution in [2.45, 2.75) is 45.6 Å². The van der Waals surface area contributed by atoms with Gasteiger partial charge in [-0.25, -0.2) is 0 Å². The van der Waals surface area contributed by atoms with E-state index in [1.807, 2.05) is 6.92 Å². The Bertz CT molecular complexity index is 448. The minimum absolute atomic E-state index is 0.160. The van der Waals surface area contributed by atoms with Crippen molar-refractivity contribution in [3.05, 3.63) is 11.4 Å². The first-order valence-electron chi connectivity index (χ1n) is 7.51. The molecular weight excluding hydrogens is 254 g/mol. The molecule has 4 N–H and O–H groups in total. The Kier molecular flexibility index (Phi) is 5.00. The van der Waals surface area contributed by atoms with Crippen molar-refractivity contribution in [1.82, 2.24) is 20.4 Å². The summed E-state index contributed by atoms with van der Waals surface area (Å²) in [5, 5.41) is 9.89. The molecule has 6 nitrogen and oxygen atoms in total. The molecule has 2 rings (SSSR count). The average Bonchev–Trinajstić information content (AvgIpc) is 2.82. The summed E-state index contributed by atoms with van der Waals surface area (Å²) in [5.74, 6) is -0.160. The zero-order valence-corrected chi connectivity index (χ0v) is 12.4. The number of anilines is 1. The third-order valence-corrected chi connectivity index (χ3v) is 3.91. The van der Waals surface area contributed by atoms with Crippen molar-refractivity contribution < 1.29 is 4.79 Å². The van der Waals surface area contributed by atoms with E-state index >= 15 is 0 Å². The fourth-order valence-corrected chi connectivity index (χ4v) is 2.70. The van der Waals surface area contributed by atoms with Gasteiger partial charge in [0.05, 0.1) is 11.4 Å². The summed E-state index contributed by atoms with van der Waals surface area (Å²) >= 11 is 0. The maximum Gasteiger partial charge on any atom is 0.274 e. The van der Waals surface area contributed by atoms with Crippen LogP contribution in [0.4, 0.5) is 5.69 Å². The lowest BCUT2D eigenvalue weighted by Crippen LogP contribution is -2.45. The number of carbonyl (C=O) groups excluding carboxylic acids is 1. The van der Waals surface area contributed by atoms with Gasteiger partial charge in [0.15, 0.2) is 5.69 Å². The molecule has 0 spiro atoms. The van der Waals surface area contributed by atoms with E-state index in [1.165, 1.54) is 6.42 Å². The van der Waals surface area contributed by atoms with Gasteiger partial charge in [-0.2, -0.15) is 5.10 Å². The smallest absolute Gasteiger partial charge is 0.274 e. The molecule has 112 valence electrons. The molecule has 1 aliphatic rings. The number of aromatic nitrogens is 2. The number of carbonyl (C=O) groups is 1. The van der Waals surface area contributed by atoms with Crippen molar-refractivity contribution in [3.8, 4) is 0 Å². The Hall–Kier alpha value is -1.56. The van der Waals surface area contributed by atoms with Crippen molar-refractivity contribution in [2.24, 2.45) is 0 Å². The highest BCUT2D eigenvalue weighted by molar-refractivity contribution is 5.97. The quantitative estimate of drug-likeness (QED) is 0.755. The lowest BCUT2D eigenvalue weighted by molar-refractivity contribution is 0.0907. The van der Waals surface area contributed by atoms with Crippen molar-refractivity contribution in [1.29, 1.82) is 0 Å². The van der Waals surface area contributed by atoms with Gasteiger partial charge in [-0.1, -0.05) is 13.8 Å². The molecule has 1 aromatic heterocycles. The summed E-state index contributed by atoms with van der Waals surface area (Å²) in [4.78, 5) is 14.6. The molecule has 1 saturated heterocycles. The molecule has 0 aliphatic carbocycles. The van der Waals surface area contributed by atoms with Crippen LogP contribution in [0.3, 0.4) is 0 Å². The van der Waals surface area contributed by atoms with E-state index in [-0.39, 0.29) is 11.9 Å². The molecule has 0 bridgehead atoms. The first kappa shape index (κ1) is 14.8. The second kappa shape index (κ2) is 6.74. The summed E-state index contributed by atoms with van der Waals surface area (Å²) in [6, 6.07) is 0.233. The highest BCUT2D eigenvalue weighted by Crippen LogP contribution is 2.16. The standard InChI is InChI=1S/C14H25N5O/c1-3-7-19-8-5-10(6-9-19)16-14(20)13-12(15)11(4-2)17-18-13/h10H,3-9,15H2,1-2H3,(H,16,20)(H,17,18). The molecule has 0 radical (unpaired) electrons. The summed E-state index contributed by atoms with van der Waals surface area (Å²) in [6.45, 7) is 7.42. The van der Waals surface area contributed by atoms with E-state index in [4.69, 9.17) is 5.73 Å². The third-order valence-electron chi connectivity index (χ3n) is 3.91. The number of aryl methyl sites for hydroxylation is 1. The van der Waals surface area contributed by atoms with Crippen LogP contribution in [0.1, 0.15) is 49.3 Å². The summed E-state index contributed by atoms with van der Waals surface area (Å²) < 4.78 is 0. The van der Waals surface area contributed by atoms with Crippen molar-refractivity contribution in [2.75, 3.05) is 25.4 Å². The highest BCUT2D eigenvalue weighted by Gasteiger charge is 2.23. The molecule has 0 saturated carbocycles. The predicted octanol–water partition coefficient (Wildman–Crippen LogP) is 1.16. The van der Waals surface area contributed by atoms with Gasteiger partial charge in [0.1, 0.15) is 0 Å². The van der Waals surface area contributed by atoms with Gasteiger partial charge < -0.3 is 16.0 Å². The number of H-pyrrole nitrogens is 1. The van der Waals surface area contributed by atoms with Crippen LogP contribution in [0.2, 0.25) is 0 Å². The number of hydrogen-bond acceptors (Lipinski definition) is 4. The van der Waals surface area contributed by atoms with Crippen LogP contribution in [-0.2, 0) is 6.42 Å². The summed E-state index contributed by atoms with van der Waals surface area (Å²) in [5.41, 5.74) is 7.56. The van der Waals surface area contributed by atoms with Crippen LogP contribution in [0.15, 0.2) is 0 Å². The topological polar surface area (TPSA) is 87.0 Å². The van der Waals surface area contributed by atoms with Crippen LogP contribution < -0.4 is 11.1 Å². The normalized spacial score (nSPS) is 17.3. The van der Waals surface area contributed by atoms with Crippen LogP contribution in [0, 0.1) is 0 Å². The minimum atomic E-state index is -0.160. The van der Waals surface area contributed by atoms with Crippen LogP contribution >= 0.6 is 0 Å². The average molecular weight is 279 g/mol. The molecule has 0 atom stereocenters. The maximum absolute atomic E-state index is 12.2. The van der Waals surface area contributed by atoms with Gasteiger partial charge in [-0.3, -0.25) is 9.89 Å². The Morgan fingerprint density at radius 1 is 1.45 bits per heavy atom. The number of nitrogens with one attached hydrogen (secondary N) is 2. The second-order valence-corrected chi connectivity index (χ2v) is 5.41. The Morgan fingerprint density at radius 3 is 2.70 bits per heavy atom. The van der Waals surface area contributed by atoms with Crippen LogP contribution in [-0.4, -0.2) is 46.7 Å². The Balaban J connectivity index is 1.87. The Morgan fingerprint density at radius 2 is 2.15 bits per heavy atom. The predicted molar refractivity (Wildman–Crippen MR) is 79.6 cm³/mol. The zero-order chi connectivity index (χ0) is 14.5. The molecule has 20 heavy (non-hydrogen) atoms. The number of piperidine rings is 1. The van der Waals surface area contributed by atoms with Gasteiger partial charge in [0, 0.05) is 19.1 Å². The van der Waals surface area contributed by atoms with Gasteiger partial charge in [-0.15, -0.1) is 0 Å². The van der Waals surface area contributed by atoms with Gasteiger partial charge in [0.25, 0.3) is 5.91 Å². The van der Waals surface area contributed by atoms with Crippen LogP contribution in [0.5, 0.6) is 0 Å². The van der Waals surface area contributed by atoms with Gasteiger partial charge >= 0.3 is 0 Å². The minimum Gasteiger partial charge on any atom is -0.395 e. The molecule has 1 amide bonds. The van der Waals surface area contributed by atoms with Crippen LogP contribution in [0.25, 0.3) is 0 Å². The second-order valence-electron chi connectivity index (χ2n) is 5.41. The molecule has 1 aliphatic heterocycles. The zero-order valence-electron chi connectivity index (χ0n) is 12.4. The first-order chi connectivity index (χ1) is 9.65. The van der Waals surface area contributed by atoms with Crippen molar-refractivity contribution in [3.63, 3.8) is 0 Å².